The Labute approximate surface area is 89.1 Å². The van der Waals surface area contributed by atoms with E-state index in [0.29, 0.717) is 0 Å². The molecular weight excluding hydrogens is 169 g/mol. The lowest BCUT2D eigenvalue weighted by molar-refractivity contribution is 0.440. The Bertz CT molecular complexity index is 150. The van der Waals surface area contributed by atoms with Crippen LogP contribution >= 0.6 is 0 Å². The summed E-state index contributed by atoms with van der Waals surface area (Å²) < 4.78 is 0. The van der Waals surface area contributed by atoms with Gasteiger partial charge in [-0.2, -0.15) is 0 Å². The number of fused-ring (bicyclic) bond motifs is 2. The van der Waals surface area contributed by atoms with Gasteiger partial charge < -0.3 is 5.32 Å². The minimum atomic E-state index is 1.10. The Hall–Kier alpha value is 0.0249. The van der Waals surface area contributed by atoms with Crippen molar-refractivity contribution < 1.29 is 0 Å². The van der Waals surface area contributed by atoms with E-state index in [2.05, 4.69) is 12.4 Å². The Morgan fingerprint density at radius 2 is 1.64 bits per heavy atom. The molecule has 2 heteroatoms. The average molecular weight is 193 g/mol. The molecule has 2 fully saturated rings. The largest absolute Gasteiger partial charge is 0.320 e. The lowest BCUT2D eigenvalue weighted by atomic mass is 9.26. The highest BCUT2D eigenvalue weighted by Gasteiger charge is 2.37. The van der Waals surface area contributed by atoms with Crippen molar-refractivity contribution in [3.8, 4) is 0 Å². The molecule has 1 nitrogen and oxygen atoms in total. The van der Waals surface area contributed by atoms with Gasteiger partial charge in [-0.3, -0.25) is 0 Å². The van der Waals surface area contributed by atoms with Crippen molar-refractivity contribution in [2.75, 3.05) is 13.6 Å². The van der Waals surface area contributed by atoms with Gasteiger partial charge in [-0.1, -0.05) is 56.5 Å². The predicted octanol–water partition coefficient (Wildman–Crippen LogP) is 3.20. The van der Waals surface area contributed by atoms with Crippen molar-refractivity contribution in [3.63, 3.8) is 0 Å². The number of hydrogen-bond donors (Lipinski definition) is 1. The van der Waals surface area contributed by atoms with E-state index in [1.165, 1.54) is 32.1 Å². The van der Waals surface area contributed by atoms with Crippen LogP contribution in [0.1, 0.15) is 44.9 Å². The van der Waals surface area contributed by atoms with Crippen LogP contribution in [0.2, 0.25) is 18.0 Å². The van der Waals surface area contributed by atoms with Gasteiger partial charge in [0.25, 0.3) is 0 Å². The van der Waals surface area contributed by atoms with Gasteiger partial charge in [0.05, 0.1) is 0 Å². The van der Waals surface area contributed by atoms with Gasteiger partial charge in [0, 0.05) is 0 Å². The molecule has 0 unspecified atom stereocenters. The summed E-state index contributed by atoms with van der Waals surface area (Å²) in [4.78, 5) is 0. The molecule has 14 heavy (non-hydrogen) atoms. The van der Waals surface area contributed by atoms with Gasteiger partial charge in [-0.05, 0) is 20.0 Å². The second kappa shape index (κ2) is 5.20. The van der Waals surface area contributed by atoms with Crippen molar-refractivity contribution >= 4 is 6.71 Å². The minimum Gasteiger partial charge on any atom is -0.320 e. The molecule has 2 heterocycles. The first kappa shape index (κ1) is 10.5. The van der Waals surface area contributed by atoms with E-state index in [4.69, 9.17) is 0 Å². The Kier molecular flexibility index (Phi) is 3.92. The predicted molar refractivity (Wildman–Crippen MR) is 64.3 cm³/mol. The standard InChI is InChI=1S/C12H24BN/c1-14-10-4-9-13-11-5-2-6-12(13)8-3-7-11/h11-12,14H,2-10H2,1H3. The topological polar surface area (TPSA) is 12.0 Å². The van der Waals surface area contributed by atoms with Crippen LogP contribution in [-0.4, -0.2) is 20.3 Å². The molecule has 80 valence electrons. The molecule has 2 saturated heterocycles. The summed E-state index contributed by atoms with van der Waals surface area (Å²) in [6.45, 7) is 2.32. The quantitative estimate of drug-likeness (QED) is 0.534. The number of hydrogen-bond acceptors (Lipinski definition) is 1. The summed E-state index contributed by atoms with van der Waals surface area (Å²) in [5.41, 5.74) is 0. The van der Waals surface area contributed by atoms with E-state index in [1.807, 2.05) is 0 Å². The molecule has 0 aromatic heterocycles. The molecule has 0 aromatic carbocycles. The third-order valence-corrected chi connectivity index (χ3v) is 4.47. The fourth-order valence-electron chi connectivity index (χ4n) is 3.80. The Morgan fingerprint density at radius 1 is 1.07 bits per heavy atom. The van der Waals surface area contributed by atoms with Gasteiger partial charge in [-0.15, -0.1) is 0 Å². The lowest BCUT2D eigenvalue weighted by Crippen LogP contribution is -2.34. The SMILES string of the molecule is CNCCCB1C2CCCC1CCC2. The highest BCUT2D eigenvalue weighted by Crippen LogP contribution is 2.47. The van der Waals surface area contributed by atoms with Crippen LogP contribution in [0.5, 0.6) is 0 Å². The summed E-state index contributed by atoms with van der Waals surface area (Å²) in [7, 11) is 2.07. The smallest absolute Gasteiger partial charge is 0.146 e. The summed E-state index contributed by atoms with van der Waals surface area (Å²) in [6, 6.07) is 0. The molecule has 0 amide bonds. The zero-order chi connectivity index (χ0) is 9.80. The molecule has 2 rings (SSSR count). The summed E-state index contributed by atoms with van der Waals surface area (Å²) in [5.74, 6) is 2.22. The van der Waals surface area contributed by atoms with Crippen molar-refractivity contribution in [1.29, 1.82) is 0 Å². The fourth-order valence-corrected chi connectivity index (χ4v) is 3.80. The molecule has 0 atom stereocenters. The molecule has 0 spiro atoms. The maximum Gasteiger partial charge on any atom is 0.146 e. The summed E-state index contributed by atoms with van der Waals surface area (Å²) in [6.07, 6.45) is 12.1. The van der Waals surface area contributed by atoms with E-state index in [9.17, 15) is 0 Å². The molecule has 2 aliphatic heterocycles. The zero-order valence-electron chi connectivity index (χ0n) is 9.60. The Balaban J connectivity index is 1.82. The van der Waals surface area contributed by atoms with Crippen LogP contribution in [0.3, 0.4) is 0 Å². The second-order valence-electron chi connectivity index (χ2n) is 5.29. The number of rotatable bonds is 4. The van der Waals surface area contributed by atoms with Gasteiger partial charge in [0.2, 0.25) is 0 Å². The molecule has 1 N–H and O–H groups in total. The van der Waals surface area contributed by atoms with Crippen LogP contribution in [0.25, 0.3) is 0 Å². The first-order valence-electron chi connectivity index (χ1n) is 6.56. The van der Waals surface area contributed by atoms with E-state index < -0.39 is 0 Å². The van der Waals surface area contributed by atoms with Crippen LogP contribution in [-0.2, 0) is 0 Å². The average Bonchev–Trinajstić information content (AvgIpc) is 2.17. The first-order chi connectivity index (χ1) is 6.92. The highest BCUT2D eigenvalue weighted by atomic mass is 14.8. The zero-order valence-corrected chi connectivity index (χ0v) is 9.60. The van der Waals surface area contributed by atoms with E-state index in [1.54, 1.807) is 25.7 Å². The highest BCUT2D eigenvalue weighted by molar-refractivity contribution is 6.62. The normalized spacial score (nSPS) is 31.9. The van der Waals surface area contributed by atoms with E-state index in [0.717, 1.165) is 18.3 Å². The fraction of sp³-hybridized carbons (Fsp3) is 1.00. The maximum atomic E-state index is 3.27. The van der Waals surface area contributed by atoms with Crippen molar-refractivity contribution in [2.24, 2.45) is 0 Å². The van der Waals surface area contributed by atoms with Gasteiger partial charge in [0.1, 0.15) is 6.71 Å². The minimum absolute atomic E-state index is 1.10. The van der Waals surface area contributed by atoms with Crippen LogP contribution < -0.4 is 5.32 Å². The van der Waals surface area contributed by atoms with Crippen LogP contribution in [0.15, 0.2) is 0 Å². The molecule has 2 bridgehead atoms. The molecule has 0 radical (unpaired) electrons. The molecule has 0 saturated carbocycles. The third-order valence-electron chi connectivity index (χ3n) is 4.47. The lowest BCUT2D eigenvalue weighted by Gasteiger charge is -2.40. The summed E-state index contributed by atoms with van der Waals surface area (Å²) >= 11 is 0. The van der Waals surface area contributed by atoms with Gasteiger partial charge in [0.15, 0.2) is 0 Å². The molecule has 0 aliphatic carbocycles. The Morgan fingerprint density at radius 3 is 2.14 bits per heavy atom. The second-order valence-corrected chi connectivity index (χ2v) is 5.29. The van der Waals surface area contributed by atoms with Crippen molar-refractivity contribution in [1.82, 2.24) is 5.32 Å². The van der Waals surface area contributed by atoms with Crippen molar-refractivity contribution in [2.45, 2.75) is 62.9 Å². The summed E-state index contributed by atoms with van der Waals surface area (Å²) in [5, 5.41) is 3.27. The van der Waals surface area contributed by atoms with Crippen LogP contribution in [0, 0.1) is 0 Å². The third kappa shape index (κ3) is 2.33. The van der Waals surface area contributed by atoms with Gasteiger partial charge >= 0.3 is 0 Å². The molecular formula is C12H24BN. The monoisotopic (exact) mass is 193 g/mol. The first-order valence-corrected chi connectivity index (χ1v) is 6.56. The van der Waals surface area contributed by atoms with E-state index in [-0.39, 0.29) is 0 Å². The van der Waals surface area contributed by atoms with E-state index >= 15 is 0 Å². The van der Waals surface area contributed by atoms with Gasteiger partial charge in [-0.25, -0.2) is 0 Å². The van der Waals surface area contributed by atoms with Crippen molar-refractivity contribution in [3.05, 3.63) is 0 Å². The molecule has 0 aromatic rings. The van der Waals surface area contributed by atoms with Crippen LogP contribution in [0.4, 0.5) is 0 Å². The number of nitrogens with one attached hydrogen (secondary N) is 1. The maximum absolute atomic E-state index is 3.27. The molecule has 2 aliphatic rings.